The topological polar surface area (TPSA) is 116 Å². The highest BCUT2D eigenvalue weighted by Gasteiger charge is 2.21. The molecule has 1 fully saturated rings. The van der Waals surface area contributed by atoms with E-state index in [0.29, 0.717) is 5.69 Å². The fraction of sp³-hybridized carbons (Fsp3) is 0.545. The number of nitrogens with two attached hydrogens (primary N) is 1. The number of urea groups is 1. The molecule has 3 amide bonds. The summed E-state index contributed by atoms with van der Waals surface area (Å²) in [6.07, 6.45) is 4.77. The minimum Gasteiger partial charge on any atom is -0.369 e. The van der Waals surface area contributed by atoms with E-state index in [4.69, 9.17) is 5.73 Å². The highest BCUT2D eigenvalue weighted by atomic mass is 16.2. The minimum absolute atomic E-state index is 0.121. The van der Waals surface area contributed by atoms with Crippen molar-refractivity contribution in [2.45, 2.75) is 18.9 Å². The molecule has 0 spiro atoms. The van der Waals surface area contributed by atoms with Crippen molar-refractivity contribution >= 4 is 17.6 Å². The zero-order chi connectivity index (χ0) is 13.7. The van der Waals surface area contributed by atoms with Gasteiger partial charge in [0.1, 0.15) is 0 Å². The predicted molar refractivity (Wildman–Crippen MR) is 69.4 cm³/mol. The highest BCUT2D eigenvalue weighted by Crippen LogP contribution is 2.10. The Balaban J connectivity index is 1.70. The summed E-state index contributed by atoms with van der Waals surface area (Å²) in [4.78, 5) is 24.5. The number of hydrogen-bond acceptors (Lipinski definition) is 4. The number of carbonyl (C=O) groups excluding carboxylic acids is 2. The largest absolute Gasteiger partial charge is 0.369 e. The number of likely N-dealkylation sites (tertiary alicyclic amines) is 1. The molecule has 0 unspecified atom stereocenters. The van der Waals surface area contributed by atoms with Crippen LogP contribution in [0.4, 0.5) is 10.5 Å². The molecule has 1 saturated heterocycles. The van der Waals surface area contributed by atoms with Gasteiger partial charge in [0.25, 0.3) is 0 Å². The van der Waals surface area contributed by atoms with Crippen molar-refractivity contribution in [2.75, 3.05) is 25.0 Å². The van der Waals surface area contributed by atoms with Gasteiger partial charge in [0.15, 0.2) is 0 Å². The quantitative estimate of drug-likeness (QED) is 0.586. The summed E-state index contributed by atoms with van der Waals surface area (Å²) in [7, 11) is 0. The molecular formula is C11H18N6O2. The van der Waals surface area contributed by atoms with E-state index in [2.05, 4.69) is 20.8 Å². The molecule has 1 aromatic rings. The van der Waals surface area contributed by atoms with E-state index in [1.165, 1.54) is 6.20 Å². The van der Waals surface area contributed by atoms with Crippen LogP contribution in [0.5, 0.6) is 0 Å². The second-order valence-corrected chi connectivity index (χ2v) is 4.60. The number of H-pyrrole nitrogens is 1. The number of nitrogens with one attached hydrogen (secondary N) is 3. The number of aromatic nitrogens is 2. The van der Waals surface area contributed by atoms with Crippen molar-refractivity contribution < 1.29 is 9.59 Å². The lowest BCUT2D eigenvalue weighted by atomic mass is 10.1. The Hall–Kier alpha value is -2.09. The van der Waals surface area contributed by atoms with Gasteiger partial charge in [-0.3, -0.25) is 14.8 Å². The molecule has 1 aliphatic heterocycles. The molecule has 8 nitrogen and oxygen atoms in total. The van der Waals surface area contributed by atoms with E-state index in [1.54, 1.807) is 6.20 Å². The maximum atomic E-state index is 11.7. The third-order valence-corrected chi connectivity index (χ3v) is 3.06. The highest BCUT2D eigenvalue weighted by molar-refractivity contribution is 5.89. The van der Waals surface area contributed by atoms with Gasteiger partial charge in [-0.1, -0.05) is 0 Å². The molecule has 1 aliphatic rings. The molecule has 8 heteroatoms. The second-order valence-electron chi connectivity index (χ2n) is 4.60. The van der Waals surface area contributed by atoms with Crippen molar-refractivity contribution in [3.63, 3.8) is 0 Å². The van der Waals surface area contributed by atoms with Crippen LogP contribution in [0.15, 0.2) is 12.4 Å². The summed E-state index contributed by atoms with van der Waals surface area (Å²) >= 11 is 0. The maximum Gasteiger partial charge on any atom is 0.319 e. The number of anilines is 1. The van der Waals surface area contributed by atoms with Gasteiger partial charge in [0.2, 0.25) is 5.91 Å². The zero-order valence-corrected chi connectivity index (χ0v) is 10.6. The molecule has 0 aromatic carbocycles. The Morgan fingerprint density at radius 1 is 1.47 bits per heavy atom. The van der Waals surface area contributed by atoms with Gasteiger partial charge >= 0.3 is 6.03 Å². The van der Waals surface area contributed by atoms with E-state index in [-0.39, 0.29) is 24.5 Å². The van der Waals surface area contributed by atoms with Crippen LogP contribution < -0.4 is 16.4 Å². The van der Waals surface area contributed by atoms with Crippen LogP contribution in [0, 0.1) is 0 Å². The molecule has 0 radical (unpaired) electrons. The molecule has 19 heavy (non-hydrogen) atoms. The van der Waals surface area contributed by atoms with Crippen molar-refractivity contribution in [3.05, 3.63) is 12.4 Å². The standard InChI is InChI=1S/C11H18N6O2/c12-10(18)7-17-3-1-8(2-4-17)15-11(19)16-9-5-13-14-6-9/h5-6,8H,1-4,7H2,(H2,12,18)(H,13,14)(H2,15,16,19). The average molecular weight is 266 g/mol. The molecule has 5 N–H and O–H groups in total. The number of nitrogens with zero attached hydrogens (tertiary/aromatic N) is 2. The molecule has 0 saturated carbocycles. The van der Waals surface area contributed by atoms with Crippen molar-refractivity contribution in [1.82, 2.24) is 20.4 Å². The third kappa shape index (κ3) is 4.25. The Labute approximate surface area is 110 Å². The van der Waals surface area contributed by atoms with Gasteiger partial charge in [-0.25, -0.2) is 4.79 Å². The summed E-state index contributed by atoms with van der Waals surface area (Å²) in [6.45, 7) is 1.81. The van der Waals surface area contributed by atoms with Gasteiger partial charge in [0.05, 0.1) is 18.4 Å². The average Bonchev–Trinajstić information content (AvgIpc) is 2.83. The molecule has 104 valence electrons. The van der Waals surface area contributed by atoms with E-state index in [1.807, 2.05) is 4.90 Å². The van der Waals surface area contributed by atoms with Gasteiger partial charge in [0, 0.05) is 25.3 Å². The molecule has 0 aliphatic carbocycles. The predicted octanol–water partition coefficient (Wildman–Crippen LogP) is -0.519. The minimum atomic E-state index is -0.316. The second kappa shape index (κ2) is 6.19. The molecule has 2 heterocycles. The Bertz CT molecular complexity index is 424. The molecule has 0 atom stereocenters. The van der Waals surface area contributed by atoms with E-state index in [0.717, 1.165) is 25.9 Å². The number of carbonyl (C=O) groups is 2. The first-order valence-electron chi connectivity index (χ1n) is 6.20. The summed E-state index contributed by atoms with van der Waals surface area (Å²) in [6, 6.07) is -0.120. The van der Waals surface area contributed by atoms with Gasteiger partial charge in [-0.15, -0.1) is 0 Å². The van der Waals surface area contributed by atoms with E-state index in [9.17, 15) is 9.59 Å². The SMILES string of the molecule is NC(=O)CN1CCC(NC(=O)Nc2cn[nH]c2)CC1. The Morgan fingerprint density at radius 3 is 2.79 bits per heavy atom. The lowest BCUT2D eigenvalue weighted by Crippen LogP contribution is -2.47. The number of aromatic amines is 1. The van der Waals surface area contributed by atoms with Crippen LogP contribution in [0.1, 0.15) is 12.8 Å². The lowest BCUT2D eigenvalue weighted by molar-refractivity contribution is -0.119. The normalized spacial score (nSPS) is 17.1. The van der Waals surface area contributed by atoms with E-state index < -0.39 is 0 Å². The Kier molecular flexibility index (Phi) is 4.35. The van der Waals surface area contributed by atoms with Gasteiger partial charge < -0.3 is 16.4 Å². The Morgan fingerprint density at radius 2 is 2.21 bits per heavy atom. The first-order chi connectivity index (χ1) is 9.13. The molecule has 1 aromatic heterocycles. The molecule has 2 rings (SSSR count). The summed E-state index contributed by atoms with van der Waals surface area (Å²) < 4.78 is 0. The van der Waals surface area contributed by atoms with Crippen LogP contribution in [0.2, 0.25) is 0 Å². The number of hydrogen-bond donors (Lipinski definition) is 4. The number of piperidine rings is 1. The smallest absolute Gasteiger partial charge is 0.319 e. The first kappa shape index (κ1) is 13.3. The van der Waals surface area contributed by atoms with Gasteiger partial charge in [-0.2, -0.15) is 5.10 Å². The summed E-state index contributed by atoms with van der Waals surface area (Å²) in [5.41, 5.74) is 5.77. The maximum absolute atomic E-state index is 11.7. The summed E-state index contributed by atoms with van der Waals surface area (Å²) in [5, 5.41) is 11.9. The van der Waals surface area contributed by atoms with Crippen molar-refractivity contribution in [2.24, 2.45) is 5.73 Å². The lowest BCUT2D eigenvalue weighted by Gasteiger charge is -2.31. The van der Waals surface area contributed by atoms with Crippen LogP contribution in [0.25, 0.3) is 0 Å². The van der Waals surface area contributed by atoms with Gasteiger partial charge in [-0.05, 0) is 12.8 Å². The number of primary amides is 1. The van der Waals surface area contributed by atoms with Crippen LogP contribution >= 0.6 is 0 Å². The third-order valence-electron chi connectivity index (χ3n) is 3.06. The van der Waals surface area contributed by atoms with Crippen LogP contribution in [0.3, 0.4) is 0 Å². The number of rotatable bonds is 4. The monoisotopic (exact) mass is 266 g/mol. The van der Waals surface area contributed by atoms with Crippen LogP contribution in [-0.4, -0.2) is 52.7 Å². The zero-order valence-electron chi connectivity index (χ0n) is 10.6. The first-order valence-corrected chi connectivity index (χ1v) is 6.20. The number of amides is 3. The summed E-state index contributed by atoms with van der Waals surface area (Å²) in [5.74, 6) is -0.316. The van der Waals surface area contributed by atoms with Crippen LogP contribution in [-0.2, 0) is 4.79 Å². The van der Waals surface area contributed by atoms with Crippen molar-refractivity contribution in [1.29, 1.82) is 0 Å². The molecule has 0 bridgehead atoms. The fourth-order valence-corrected chi connectivity index (χ4v) is 2.13. The van der Waals surface area contributed by atoms with Crippen molar-refractivity contribution in [3.8, 4) is 0 Å². The molecular weight excluding hydrogens is 248 g/mol. The van der Waals surface area contributed by atoms with E-state index >= 15 is 0 Å². The fourth-order valence-electron chi connectivity index (χ4n) is 2.13.